The van der Waals surface area contributed by atoms with Crippen molar-refractivity contribution in [1.29, 1.82) is 0 Å². The first-order chi connectivity index (χ1) is 6.28. The molecule has 2 N–H and O–H groups in total. The Morgan fingerprint density at radius 2 is 2.15 bits per heavy atom. The van der Waals surface area contributed by atoms with E-state index in [-0.39, 0.29) is 0 Å². The van der Waals surface area contributed by atoms with Gasteiger partial charge in [-0.3, -0.25) is 0 Å². The highest BCUT2D eigenvalue weighted by molar-refractivity contribution is 5.32. The zero-order valence-electron chi connectivity index (χ0n) is 8.71. The average Bonchev–Trinajstić information content (AvgIpc) is 2.92. The van der Waals surface area contributed by atoms with Gasteiger partial charge in [0.15, 0.2) is 0 Å². The van der Waals surface area contributed by atoms with Crippen LogP contribution < -0.4 is 5.73 Å². The van der Waals surface area contributed by atoms with Gasteiger partial charge in [0.1, 0.15) is 5.76 Å². The smallest absolute Gasteiger partial charge is 0.117 e. The summed E-state index contributed by atoms with van der Waals surface area (Å²) < 4.78 is 5.30. The number of rotatable bonds is 4. The van der Waals surface area contributed by atoms with Gasteiger partial charge >= 0.3 is 0 Å². The summed E-state index contributed by atoms with van der Waals surface area (Å²) in [6.45, 7) is 4.86. The van der Waals surface area contributed by atoms with Crippen LogP contribution in [0.15, 0.2) is 23.5 Å². The molecule has 74 valence electrons. The third kappa shape index (κ3) is 2.13. The molecule has 0 bridgehead atoms. The molecule has 2 atom stereocenters. The van der Waals surface area contributed by atoms with Gasteiger partial charge in [-0.05, 0) is 50.3 Å². The average molecular weight is 181 g/mol. The van der Waals surface area contributed by atoms with E-state index in [2.05, 4.69) is 13.0 Å². The molecular weight excluding hydrogens is 162 g/mol. The number of methoxy groups -OCH3 is 1. The van der Waals surface area contributed by atoms with E-state index < -0.39 is 0 Å². The van der Waals surface area contributed by atoms with Crippen molar-refractivity contribution in [3.8, 4) is 0 Å². The second-order valence-electron chi connectivity index (χ2n) is 3.44. The fraction of sp³-hybridized carbons (Fsp3) is 0.636. The molecule has 1 fully saturated rings. The number of ether oxygens (including phenoxy) is 1. The molecule has 2 nitrogen and oxygen atoms in total. The largest absolute Gasteiger partial charge is 0.497 e. The van der Waals surface area contributed by atoms with Gasteiger partial charge in [-0.25, -0.2) is 0 Å². The van der Waals surface area contributed by atoms with Crippen LogP contribution >= 0.6 is 0 Å². The van der Waals surface area contributed by atoms with Gasteiger partial charge in [0, 0.05) is 0 Å². The summed E-state index contributed by atoms with van der Waals surface area (Å²) in [5.41, 5.74) is 6.93. The van der Waals surface area contributed by atoms with Crippen molar-refractivity contribution in [1.82, 2.24) is 0 Å². The number of nitrogens with two attached hydrogens (primary N) is 1. The third-order valence-corrected chi connectivity index (χ3v) is 2.70. The highest BCUT2D eigenvalue weighted by Crippen LogP contribution is 2.45. The Bertz CT molecular complexity index is 230. The summed E-state index contributed by atoms with van der Waals surface area (Å²) >= 11 is 0. The summed E-state index contributed by atoms with van der Waals surface area (Å²) in [6, 6.07) is 0. The van der Waals surface area contributed by atoms with Crippen molar-refractivity contribution in [2.45, 2.75) is 20.3 Å². The van der Waals surface area contributed by atoms with E-state index in [0.717, 1.165) is 12.3 Å². The topological polar surface area (TPSA) is 35.2 Å². The Kier molecular flexibility index (Phi) is 3.55. The van der Waals surface area contributed by atoms with Gasteiger partial charge in [-0.15, -0.1) is 0 Å². The first-order valence-electron chi connectivity index (χ1n) is 4.85. The zero-order chi connectivity index (χ0) is 9.84. The van der Waals surface area contributed by atoms with Crippen LogP contribution in [0, 0.1) is 11.8 Å². The first-order valence-corrected chi connectivity index (χ1v) is 4.85. The van der Waals surface area contributed by atoms with E-state index in [1.165, 1.54) is 12.0 Å². The number of hydrogen-bond acceptors (Lipinski definition) is 2. The van der Waals surface area contributed by atoms with Crippen LogP contribution in [0.5, 0.6) is 0 Å². The predicted molar refractivity (Wildman–Crippen MR) is 55.2 cm³/mol. The van der Waals surface area contributed by atoms with Gasteiger partial charge in [0.2, 0.25) is 0 Å². The Morgan fingerprint density at radius 1 is 1.46 bits per heavy atom. The summed E-state index contributed by atoms with van der Waals surface area (Å²) in [5.74, 6) is 2.32. The van der Waals surface area contributed by atoms with E-state index in [1.807, 2.05) is 13.0 Å². The molecule has 0 aromatic heterocycles. The van der Waals surface area contributed by atoms with Crippen LogP contribution in [-0.4, -0.2) is 13.7 Å². The summed E-state index contributed by atoms with van der Waals surface area (Å²) in [6.07, 6.45) is 5.37. The van der Waals surface area contributed by atoms with E-state index in [1.54, 1.807) is 7.11 Å². The van der Waals surface area contributed by atoms with Crippen molar-refractivity contribution in [2.24, 2.45) is 17.6 Å². The molecule has 0 aromatic carbocycles. The Hall–Kier alpha value is -0.760. The van der Waals surface area contributed by atoms with Gasteiger partial charge in [0.05, 0.1) is 7.11 Å². The quantitative estimate of drug-likeness (QED) is 0.532. The molecule has 0 saturated heterocycles. The van der Waals surface area contributed by atoms with E-state index in [4.69, 9.17) is 10.5 Å². The fourth-order valence-corrected chi connectivity index (χ4v) is 1.83. The maximum atomic E-state index is 5.61. The molecule has 0 aliphatic heterocycles. The maximum absolute atomic E-state index is 5.61. The fourth-order valence-electron chi connectivity index (χ4n) is 1.83. The minimum Gasteiger partial charge on any atom is -0.497 e. The first kappa shape index (κ1) is 10.3. The van der Waals surface area contributed by atoms with Crippen LogP contribution in [-0.2, 0) is 4.74 Å². The highest BCUT2D eigenvalue weighted by atomic mass is 16.5. The Labute approximate surface area is 80.5 Å². The molecule has 13 heavy (non-hydrogen) atoms. The van der Waals surface area contributed by atoms with Crippen molar-refractivity contribution < 1.29 is 4.74 Å². The van der Waals surface area contributed by atoms with Crippen LogP contribution in [0.25, 0.3) is 0 Å². The van der Waals surface area contributed by atoms with Crippen molar-refractivity contribution in [3.05, 3.63) is 23.5 Å². The van der Waals surface area contributed by atoms with Crippen LogP contribution in [0.2, 0.25) is 0 Å². The molecule has 2 heteroatoms. The van der Waals surface area contributed by atoms with E-state index in [9.17, 15) is 0 Å². The van der Waals surface area contributed by atoms with Crippen LogP contribution in [0.4, 0.5) is 0 Å². The number of hydrogen-bond donors (Lipinski definition) is 1. The molecule has 0 aromatic rings. The Balaban J connectivity index is 2.65. The van der Waals surface area contributed by atoms with Crippen molar-refractivity contribution in [2.75, 3.05) is 13.7 Å². The normalized spacial score (nSPS) is 28.9. The lowest BCUT2D eigenvalue weighted by atomic mass is 10.1. The van der Waals surface area contributed by atoms with Gasteiger partial charge in [0.25, 0.3) is 0 Å². The van der Waals surface area contributed by atoms with Gasteiger partial charge in [-0.1, -0.05) is 6.08 Å². The van der Waals surface area contributed by atoms with Crippen molar-refractivity contribution >= 4 is 0 Å². The standard InChI is InChI=1S/C11H19NO/c1-4-9(11(5-2)13-3)10-6-8(10)7-12/h4-5,8,10H,6-7,12H2,1-3H3/b9-4-,11-5+. The van der Waals surface area contributed by atoms with Crippen LogP contribution in [0.1, 0.15) is 20.3 Å². The molecule has 1 saturated carbocycles. The molecule has 0 spiro atoms. The summed E-state index contributed by atoms with van der Waals surface area (Å²) in [4.78, 5) is 0. The molecule has 1 aliphatic rings. The molecule has 1 rings (SSSR count). The molecular formula is C11H19NO. The second kappa shape index (κ2) is 4.47. The van der Waals surface area contributed by atoms with Gasteiger partial charge in [-0.2, -0.15) is 0 Å². The lowest BCUT2D eigenvalue weighted by molar-refractivity contribution is 0.295. The lowest BCUT2D eigenvalue weighted by Gasteiger charge is -2.09. The Morgan fingerprint density at radius 3 is 2.46 bits per heavy atom. The SMILES string of the molecule is C/C=C(\C(=C/C)OC)C1CC1CN. The van der Waals surface area contributed by atoms with Crippen molar-refractivity contribution in [3.63, 3.8) is 0 Å². The zero-order valence-corrected chi connectivity index (χ0v) is 8.71. The van der Waals surface area contributed by atoms with E-state index >= 15 is 0 Å². The van der Waals surface area contributed by atoms with Gasteiger partial charge < -0.3 is 10.5 Å². The van der Waals surface area contributed by atoms with E-state index in [0.29, 0.717) is 11.8 Å². The summed E-state index contributed by atoms with van der Waals surface area (Å²) in [7, 11) is 1.72. The molecule has 0 radical (unpaired) electrons. The predicted octanol–water partition coefficient (Wildman–Crippen LogP) is 2.08. The third-order valence-electron chi connectivity index (χ3n) is 2.70. The molecule has 0 amide bonds. The minimum atomic E-state index is 0.640. The lowest BCUT2D eigenvalue weighted by Crippen LogP contribution is -2.05. The molecule has 1 aliphatic carbocycles. The number of allylic oxidation sites excluding steroid dienone is 3. The summed E-state index contributed by atoms with van der Waals surface area (Å²) in [5, 5.41) is 0. The monoisotopic (exact) mass is 181 g/mol. The van der Waals surface area contributed by atoms with Crippen LogP contribution in [0.3, 0.4) is 0 Å². The molecule has 2 unspecified atom stereocenters. The molecule has 0 heterocycles. The highest BCUT2D eigenvalue weighted by Gasteiger charge is 2.39. The second-order valence-corrected chi connectivity index (χ2v) is 3.44. The minimum absolute atomic E-state index is 0.640. The maximum Gasteiger partial charge on any atom is 0.117 e.